The average Bonchev–Trinajstić information content (AvgIpc) is 2.63. The highest BCUT2D eigenvalue weighted by atomic mass is 16.5. The molecule has 7 nitrogen and oxygen atoms in total. The molecular formula is C17H12N4O3. The quantitative estimate of drug-likeness (QED) is 0.515. The van der Waals surface area contributed by atoms with E-state index < -0.39 is 5.97 Å². The smallest absolute Gasteiger partial charge is 0.337 e. The summed E-state index contributed by atoms with van der Waals surface area (Å²) in [6, 6.07) is 16.6. The van der Waals surface area contributed by atoms with Crippen LogP contribution in [0.2, 0.25) is 0 Å². The number of nitrogens with one attached hydrogen (secondary N) is 1. The van der Waals surface area contributed by atoms with Crippen LogP contribution in [0.25, 0.3) is 0 Å². The molecule has 0 aromatic heterocycles. The molecule has 0 bridgehead atoms. The number of hydrazone groups is 1. The third-order valence-electron chi connectivity index (χ3n) is 2.85. The van der Waals surface area contributed by atoms with Crippen molar-refractivity contribution in [1.29, 1.82) is 10.5 Å². The van der Waals surface area contributed by atoms with Crippen LogP contribution < -0.4 is 10.2 Å². The van der Waals surface area contributed by atoms with Gasteiger partial charge in [-0.15, -0.1) is 0 Å². The molecule has 0 amide bonds. The Hall–Kier alpha value is -3.84. The normalized spacial score (nSPS) is 9.12. The summed E-state index contributed by atoms with van der Waals surface area (Å²) in [5, 5.41) is 20.9. The highest BCUT2D eigenvalue weighted by Crippen LogP contribution is 2.24. The van der Waals surface area contributed by atoms with E-state index >= 15 is 0 Å². The van der Waals surface area contributed by atoms with Gasteiger partial charge in [0.05, 0.1) is 18.4 Å². The van der Waals surface area contributed by atoms with Crippen LogP contribution >= 0.6 is 0 Å². The van der Waals surface area contributed by atoms with Crippen molar-refractivity contribution in [3.8, 4) is 23.6 Å². The maximum atomic E-state index is 11.4. The summed E-state index contributed by atoms with van der Waals surface area (Å²) in [6.07, 6.45) is 0. The Labute approximate surface area is 138 Å². The van der Waals surface area contributed by atoms with E-state index in [0.29, 0.717) is 22.7 Å². The summed E-state index contributed by atoms with van der Waals surface area (Å²) in [7, 11) is 1.32. The van der Waals surface area contributed by atoms with Crippen LogP contribution in [0.5, 0.6) is 11.5 Å². The predicted octanol–water partition coefficient (Wildman–Crippen LogP) is 3.08. The molecule has 24 heavy (non-hydrogen) atoms. The maximum absolute atomic E-state index is 11.4. The van der Waals surface area contributed by atoms with Gasteiger partial charge >= 0.3 is 5.97 Å². The third-order valence-corrected chi connectivity index (χ3v) is 2.85. The molecule has 0 atom stereocenters. The van der Waals surface area contributed by atoms with Crippen LogP contribution in [0.4, 0.5) is 5.69 Å². The zero-order chi connectivity index (χ0) is 17.4. The second kappa shape index (κ2) is 7.97. The van der Waals surface area contributed by atoms with Crippen LogP contribution in [-0.4, -0.2) is 18.8 Å². The zero-order valence-corrected chi connectivity index (χ0v) is 12.7. The molecule has 0 aliphatic heterocycles. The molecule has 0 aliphatic carbocycles. The second-order valence-corrected chi connectivity index (χ2v) is 4.44. The molecule has 0 saturated carbocycles. The number of nitriles is 2. The number of rotatable bonds is 5. The van der Waals surface area contributed by atoms with Gasteiger partial charge in [-0.05, 0) is 36.4 Å². The molecule has 2 rings (SSSR count). The number of carbonyl (C=O) groups is 1. The van der Waals surface area contributed by atoms with Gasteiger partial charge < -0.3 is 9.47 Å². The fourth-order valence-corrected chi connectivity index (χ4v) is 1.74. The average molecular weight is 320 g/mol. The van der Waals surface area contributed by atoms with E-state index in [4.69, 9.17) is 15.3 Å². The van der Waals surface area contributed by atoms with Crippen molar-refractivity contribution in [1.82, 2.24) is 0 Å². The summed E-state index contributed by atoms with van der Waals surface area (Å²) < 4.78 is 10.3. The van der Waals surface area contributed by atoms with Gasteiger partial charge in [-0.2, -0.15) is 15.6 Å². The number of esters is 1. The van der Waals surface area contributed by atoms with Gasteiger partial charge in [0, 0.05) is 6.07 Å². The number of benzene rings is 2. The second-order valence-electron chi connectivity index (χ2n) is 4.44. The van der Waals surface area contributed by atoms with Gasteiger partial charge in [0.25, 0.3) is 0 Å². The highest BCUT2D eigenvalue weighted by Gasteiger charge is 2.05. The molecule has 7 heteroatoms. The first-order chi connectivity index (χ1) is 11.7. The Morgan fingerprint density at radius 1 is 1.08 bits per heavy atom. The Kier molecular flexibility index (Phi) is 5.49. The summed E-state index contributed by atoms with van der Waals surface area (Å²) in [6.45, 7) is 0. The van der Waals surface area contributed by atoms with Crippen LogP contribution in [0.3, 0.4) is 0 Å². The fourth-order valence-electron chi connectivity index (χ4n) is 1.74. The monoisotopic (exact) mass is 320 g/mol. The van der Waals surface area contributed by atoms with E-state index in [0.717, 1.165) is 0 Å². The minimum absolute atomic E-state index is 0.278. The van der Waals surface area contributed by atoms with Gasteiger partial charge in [0.2, 0.25) is 5.71 Å². The third kappa shape index (κ3) is 4.33. The summed E-state index contributed by atoms with van der Waals surface area (Å²) in [5.41, 5.74) is 3.31. The minimum atomic E-state index is -0.420. The van der Waals surface area contributed by atoms with E-state index in [1.807, 2.05) is 0 Å². The van der Waals surface area contributed by atoms with Gasteiger partial charge in [-0.3, -0.25) is 5.43 Å². The molecule has 1 N–H and O–H groups in total. The molecule has 118 valence electrons. The van der Waals surface area contributed by atoms with E-state index in [-0.39, 0.29) is 5.71 Å². The van der Waals surface area contributed by atoms with Crippen LogP contribution in [-0.2, 0) is 4.74 Å². The lowest BCUT2D eigenvalue weighted by Crippen LogP contribution is -2.00. The van der Waals surface area contributed by atoms with Crippen molar-refractivity contribution in [3.05, 3.63) is 54.1 Å². The summed E-state index contributed by atoms with van der Waals surface area (Å²) in [5.74, 6) is 0.644. The van der Waals surface area contributed by atoms with Gasteiger partial charge in [-0.25, -0.2) is 4.79 Å². The molecule has 0 fully saturated rings. The topological polar surface area (TPSA) is 108 Å². The maximum Gasteiger partial charge on any atom is 0.337 e. The predicted molar refractivity (Wildman–Crippen MR) is 86.6 cm³/mol. The number of nitrogens with zero attached hydrogens (tertiary/aromatic N) is 3. The molecule has 0 spiro atoms. The van der Waals surface area contributed by atoms with Crippen molar-refractivity contribution < 1.29 is 14.3 Å². The molecular weight excluding hydrogens is 308 g/mol. The lowest BCUT2D eigenvalue weighted by Gasteiger charge is -2.08. The fraction of sp³-hybridized carbons (Fsp3) is 0.0588. The first-order valence-electron chi connectivity index (χ1n) is 6.76. The van der Waals surface area contributed by atoms with Crippen molar-refractivity contribution in [2.45, 2.75) is 0 Å². The molecule has 2 aromatic rings. The number of hydrogen-bond donors (Lipinski definition) is 1. The van der Waals surface area contributed by atoms with E-state index in [9.17, 15) is 4.79 Å². The molecule has 0 saturated heterocycles. The van der Waals surface area contributed by atoms with Gasteiger partial charge in [0.1, 0.15) is 23.6 Å². The molecule has 0 radical (unpaired) electrons. The molecule has 0 unspecified atom stereocenters. The standard InChI is InChI=1S/C17H12N4O3/c1-23-17(22)12-5-7-15(8-6-12)24-16-4-2-3-13(9-16)20-21-14(10-18)11-19/h2-9,20H,1H3. The number of hydrogen-bond acceptors (Lipinski definition) is 7. The van der Waals surface area contributed by atoms with Crippen molar-refractivity contribution in [2.75, 3.05) is 12.5 Å². The first-order valence-corrected chi connectivity index (χ1v) is 6.76. The first kappa shape index (κ1) is 16.5. The van der Waals surface area contributed by atoms with Crippen molar-refractivity contribution in [3.63, 3.8) is 0 Å². The Morgan fingerprint density at radius 3 is 2.42 bits per heavy atom. The molecule has 2 aromatic carbocycles. The number of ether oxygens (including phenoxy) is 2. The summed E-state index contributed by atoms with van der Waals surface area (Å²) in [4.78, 5) is 11.4. The molecule has 0 heterocycles. The van der Waals surface area contributed by atoms with Gasteiger partial charge in [-0.1, -0.05) is 6.07 Å². The van der Waals surface area contributed by atoms with Crippen LogP contribution in [0.15, 0.2) is 53.6 Å². The lowest BCUT2D eigenvalue weighted by atomic mass is 10.2. The van der Waals surface area contributed by atoms with E-state index in [2.05, 4.69) is 15.3 Å². The lowest BCUT2D eigenvalue weighted by molar-refractivity contribution is 0.0600. The SMILES string of the molecule is COC(=O)c1ccc(Oc2cccc(NN=C(C#N)C#N)c2)cc1. The largest absolute Gasteiger partial charge is 0.465 e. The Morgan fingerprint density at radius 2 is 1.79 bits per heavy atom. The minimum Gasteiger partial charge on any atom is -0.465 e. The Bertz CT molecular complexity index is 829. The summed E-state index contributed by atoms with van der Waals surface area (Å²) >= 11 is 0. The van der Waals surface area contributed by atoms with Crippen LogP contribution in [0, 0.1) is 22.7 Å². The number of anilines is 1. The highest BCUT2D eigenvalue weighted by molar-refractivity contribution is 6.10. The molecule has 0 aliphatic rings. The van der Waals surface area contributed by atoms with Crippen LogP contribution in [0.1, 0.15) is 10.4 Å². The number of methoxy groups -OCH3 is 1. The van der Waals surface area contributed by atoms with E-state index in [1.165, 1.54) is 7.11 Å². The van der Waals surface area contributed by atoms with Gasteiger partial charge in [0.15, 0.2) is 0 Å². The number of carbonyl (C=O) groups excluding carboxylic acids is 1. The van der Waals surface area contributed by atoms with E-state index in [1.54, 1.807) is 60.7 Å². The zero-order valence-electron chi connectivity index (χ0n) is 12.7. The van der Waals surface area contributed by atoms with Crippen molar-refractivity contribution >= 4 is 17.4 Å². The van der Waals surface area contributed by atoms with Crippen molar-refractivity contribution in [2.24, 2.45) is 5.10 Å². The Balaban J connectivity index is 2.10.